The van der Waals surface area contributed by atoms with Crippen LogP contribution in [0.3, 0.4) is 0 Å². The van der Waals surface area contributed by atoms with Gasteiger partial charge in [0.15, 0.2) is 0 Å². The molecule has 0 fully saturated rings. The summed E-state index contributed by atoms with van der Waals surface area (Å²) in [7, 11) is 0. The van der Waals surface area contributed by atoms with Crippen molar-refractivity contribution in [2.24, 2.45) is 0 Å². The number of carboxylic acids is 1. The second kappa shape index (κ2) is 3.30. The van der Waals surface area contributed by atoms with Crippen LogP contribution in [0.4, 0.5) is 0 Å². The fourth-order valence-electron chi connectivity index (χ4n) is 0.899. The van der Waals surface area contributed by atoms with Gasteiger partial charge >= 0.3 is 5.97 Å². The topological polar surface area (TPSA) is 57.5 Å². The van der Waals surface area contributed by atoms with E-state index in [1.807, 2.05) is 22.6 Å². The highest BCUT2D eigenvalue weighted by molar-refractivity contribution is 14.1. The Bertz CT molecular complexity index is 333. The highest BCUT2D eigenvalue weighted by Gasteiger charge is 2.11. The number of carboxylic acid groups (broad SMARTS) is 1. The number of carbonyl (C=O) groups is 1. The third-order valence-corrected chi connectivity index (χ3v) is 2.12. The smallest absolute Gasteiger partial charge is 0.339 e. The van der Waals surface area contributed by atoms with Crippen LogP contribution >= 0.6 is 22.6 Å². The molecule has 0 bridgehead atoms. The van der Waals surface area contributed by atoms with Crippen molar-refractivity contribution >= 4 is 28.6 Å². The molecule has 0 radical (unpaired) electrons. The number of phenols is 1. The van der Waals surface area contributed by atoms with Crippen LogP contribution in [0.5, 0.6) is 5.75 Å². The lowest BCUT2D eigenvalue weighted by atomic mass is 10.1. The van der Waals surface area contributed by atoms with Crippen LogP contribution in [-0.2, 0) is 0 Å². The molecule has 0 atom stereocenters. The number of halogens is 1. The maximum absolute atomic E-state index is 10.6. The second-order valence-corrected chi connectivity index (χ2v) is 3.67. The number of hydrogen-bond donors (Lipinski definition) is 2. The van der Waals surface area contributed by atoms with Crippen molar-refractivity contribution in [2.75, 3.05) is 0 Å². The van der Waals surface area contributed by atoms with Crippen LogP contribution < -0.4 is 0 Å². The predicted octanol–water partition coefficient (Wildman–Crippen LogP) is 2.00. The Kier molecular flexibility index (Phi) is 2.56. The highest BCUT2D eigenvalue weighted by atomic mass is 127. The van der Waals surface area contributed by atoms with Gasteiger partial charge in [0.1, 0.15) is 11.3 Å². The minimum absolute atomic E-state index is 0.0422. The largest absolute Gasteiger partial charge is 0.507 e. The van der Waals surface area contributed by atoms with Crippen molar-refractivity contribution in [3.8, 4) is 5.75 Å². The molecule has 0 unspecified atom stereocenters. The molecule has 0 aliphatic carbocycles. The molecule has 64 valence electrons. The fraction of sp³-hybridized carbons (Fsp3) is 0.125. The Labute approximate surface area is 83.2 Å². The zero-order valence-corrected chi connectivity index (χ0v) is 8.49. The number of aryl methyl sites for hydroxylation is 1. The normalized spacial score (nSPS) is 9.83. The van der Waals surface area contributed by atoms with Gasteiger partial charge in [-0.1, -0.05) is 0 Å². The Balaban J connectivity index is 3.37. The molecule has 0 spiro atoms. The first kappa shape index (κ1) is 9.31. The SMILES string of the molecule is Cc1cc(I)cc(C(=O)O)c1O. The van der Waals surface area contributed by atoms with Crippen molar-refractivity contribution < 1.29 is 15.0 Å². The van der Waals surface area contributed by atoms with E-state index in [0.29, 0.717) is 5.56 Å². The van der Waals surface area contributed by atoms with Crippen LogP contribution in [0.2, 0.25) is 0 Å². The molecule has 2 N–H and O–H groups in total. The van der Waals surface area contributed by atoms with Crippen LogP contribution in [0, 0.1) is 10.5 Å². The molecular weight excluding hydrogens is 271 g/mol. The van der Waals surface area contributed by atoms with E-state index in [0.717, 1.165) is 3.57 Å². The summed E-state index contributed by atoms with van der Waals surface area (Å²) in [6.45, 7) is 1.67. The van der Waals surface area contributed by atoms with Crippen LogP contribution in [0.1, 0.15) is 15.9 Å². The molecule has 1 rings (SSSR count). The van der Waals surface area contributed by atoms with Gasteiger partial charge in [-0.2, -0.15) is 0 Å². The van der Waals surface area contributed by atoms with Gasteiger partial charge < -0.3 is 10.2 Å². The molecule has 0 aliphatic heterocycles. The summed E-state index contributed by atoms with van der Waals surface area (Å²) in [6.07, 6.45) is 0. The van der Waals surface area contributed by atoms with E-state index < -0.39 is 5.97 Å². The lowest BCUT2D eigenvalue weighted by Gasteiger charge is -2.03. The highest BCUT2D eigenvalue weighted by Crippen LogP contribution is 2.24. The molecule has 4 heteroatoms. The standard InChI is InChI=1S/C8H7IO3/c1-4-2-5(9)3-6(7(4)10)8(11)12/h2-3,10H,1H3,(H,11,12). The van der Waals surface area contributed by atoms with E-state index in [-0.39, 0.29) is 11.3 Å². The zero-order valence-electron chi connectivity index (χ0n) is 6.34. The molecule has 0 aliphatic rings. The third-order valence-electron chi connectivity index (χ3n) is 1.50. The summed E-state index contributed by atoms with van der Waals surface area (Å²) >= 11 is 2.01. The zero-order chi connectivity index (χ0) is 9.30. The summed E-state index contributed by atoms with van der Waals surface area (Å²) < 4.78 is 0.806. The molecule has 0 saturated heterocycles. The Hall–Kier alpha value is -0.780. The summed E-state index contributed by atoms with van der Waals surface area (Å²) in [5.74, 6) is -1.25. The Morgan fingerprint density at radius 3 is 2.58 bits per heavy atom. The van der Waals surface area contributed by atoms with Crippen LogP contribution in [-0.4, -0.2) is 16.2 Å². The van der Waals surface area contributed by atoms with Gasteiger partial charge in [-0.25, -0.2) is 4.79 Å². The van der Waals surface area contributed by atoms with Crippen molar-refractivity contribution in [1.82, 2.24) is 0 Å². The van der Waals surface area contributed by atoms with Crippen molar-refractivity contribution in [2.45, 2.75) is 6.92 Å². The van der Waals surface area contributed by atoms with Gasteiger partial charge in [0.2, 0.25) is 0 Å². The van der Waals surface area contributed by atoms with E-state index in [1.165, 1.54) is 6.07 Å². The van der Waals surface area contributed by atoms with Gasteiger partial charge in [-0.15, -0.1) is 0 Å². The van der Waals surface area contributed by atoms with E-state index >= 15 is 0 Å². The maximum Gasteiger partial charge on any atom is 0.339 e. The molecule has 12 heavy (non-hydrogen) atoms. The number of benzene rings is 1. The van der Waals surface area contributed by atoms with Crippen molar-refractivity contribution in [3.63, 3.8) is 0 Å². The van der Waals surface area contributed by atoms with Crippen molar-refractivity contribution in [3.05, 3.63) is 26.8 Å². The minimum atomic E-state index is -1.10. The minimum Gasteiger partial charge on any atom is -0.507 e. The van der Waals surface area contributed by atoms with Crippen molar-refractivity contribution in [1.29, 1.82) is 0 Å². The molecule has 0 heterocycles. The summed E-state index contributed by atoms with van der Waals surface area (Å²) in [5, 5.41) is 18.0. The number of hydrogen-bond acceptors (Lipinski definition) is 2. The van der Waals surface area contributed by atoms with Crippen LogP contribution in [0.25, 0.3) is 0 Å². The second-order valence-electron chi connectivity index (χ2n) is 2.42. The van der Waals surface area contributed by atoms with Gasteiger partial charge in [0.25, 0.3) is 0 Å². The molecule has 0 amide bonds. The molecule has 1 aromatic carbocycles. The van der Waals surface area contributed by atoms with Gasteiger partial charge in [-0.05, 0) is 47.2 Å². The first-order chi connectivity index (χ1) is 5.52. The quantitative estimate of drug-likeness (QED) is 0.772. The van der Waals surface area contributed by atoms with Gasteiger partial charge in [0, 0.05) is 3.57 Å². The van der Waals surface area contributed by atoms with Gasteiger partial charge in [0.05, 0.1) is 0 Å². The van der Waals surface area contributed by atoms with E-state index in [2.05, 4.69) is 0 Å². The third kappa shape index (κ3) is 1.69. The summed E-state index contributed by atoms with van der Waals surface area (Å²) in [5.41, 5.74) is 0.540. The molecule has 3 nitrogen and oxygen atoms in total. The average molecular weight is 278 g/mol. The van der Waals surface area contributed by atoms with E-state index in [4.69, 9.17) is 5.11 Å². The van der Waals surface area contributed by atoms with E-state index in [9.17, 15) is 9.90 Å². The molecule has 0 saturated carbocycles. The monoisotopic (exact) mass is 278 g/mol. The summed E-state index contributed by atoms with van der Waals surface area (Å²) in [4.78, 5) is 10.6. The lowest BCUT2D eigenvalue weighted by Crippen LogP contribution is -1.98. The van der Waals surface area contributed by atoms with E-state index in [1.54, 1.807) is 13.0 Å². The maximum atomic E-state index is 10.6. The van der Waals surface area contributed by atoms with Crippen LogP contribution in [0.15, 0.2) is 12.1 Å². The number of aromatic carboxylic acids is 1. The Morgan fingerprint density at radius 1 is 1.50 bits per heavy atom. The molecule has 1 aromatic rings. The van der Waals surface area contributed by atoms with Gasteiger partial charge in [-0.3, -0.25) is 0 Å². The summed E-state index contributed by atoms with van der Waals surface area (Å²) in [6, 6.07) is 3.16. The number of aromatic hydroxyl groups is 1. The number of rotatable bonds is 1. The first-order valence-electron chi connectivity index (χ1n) is 3.25. The molecular formula is C8H7IO3. The molecule has 0 aromatic heterocycles. The lowest BCUT2D eigenvalue weighted by molar-refractivity contribution is 0.0693. The Morgan fingerprint density at radius 2 is 2.08 bits per heavy atom. The average Bonchev–Trinajstić information content (AvgIpc) is 1.96. The predicted molar refractivity (Wildman–Crippen MR) is 52.5 cm³/mol. The fourth-order valence-corrected chi connectivity index (χ4v) is 1.68. The first-order valence-corrected chi connectivity index (χ1v) is 4.32.